The molecule has 6 aromatic rings. The van der Waals surface area contributed by atoms with Gasteiger partial charge >= 0.3 is 0 Å². The zero-order chi connectivity index (χ0) is 34.7. The third-order valence-electron chi connectivity index (χ3n) is 7.78. The zero-order valence-corrected chi connectivity index (χ0v) is 28.8. The van der Waals surface area contributed by atoms with E-state index in [0.717, 1.165) is 33.9 Å². The summed E-state index contributed by atoms with van der Waals surface area (Å²) < 4.78 is 15.9. The smallest absolute Gasteiger partial charge is 0.227 e. The fraction of sp³-hybridized carbons (Fsp3) is 0.158. The second kappa shape index (κ2) is 16.8. The fourth-order valence-corrected chi connectivity index (χ4v) is 6.02. The number of nitrogens with zero attached hydrogens (tertiary/aromatic N) is 2. The second-order valence-corrected chi connectivity index (χ2v) is 12.0. The minimum absolute atomic E-state index is 0.135. The first-order valence-electron chi connectivity index (χ1n) is 16.2. The van der Waals surface area contributed by atoms with Crippen LogP contribution >= 0.6 is 24.4 Å². The average Bonchev–Trinajstić information content (AvgIpc) is 3.65. The highest BCUT2D eigenvalue weighted by Crippen LogP contribution is 2.31. The number of hydrogen-bond donors (Lipinski definition) is 4. The summed E-state index contributed by atoms with van der Waals surface area (Å²) in [5, 5.41) is 6.06. The first kappa shape index (κ1) is 34.5. The van der Waals surface area contributed by atoms with E-state index in [0.29, 0.717) is 21.2 Å². The van der Waals surface area contributed by atoms with Crippen molar-refractivity contribution in [2.75, 3.05) is 37.1 Å². The molecule has 0 radical (unpaired) electrons. The third-order valence-corrected chi connectivity index (χ3v) is 8.35. The number of benzene rings is 4. The Kier molecular flexibility index (Phi) is 11.6. The number of anilines is 2. The Hall–Kier alpha value is -5.40. The van der Waals surface area contributed by atoms with Gasteiger partial charge in [-0.3, -0.25) is 18.7 Å². The Morgan fingerprint density at radius 3 is 1.22 bits per heavy atom. The molecule has 0 atom stereocenters. The second-order valence-electron chi connectivity index (χ2n) is 11.2. The van der Waals surface area contributed by atoms with E-state index >= 15 is 0 Å². The monoisotopic (exact) mass is 704 g/mol. The molecule has 0 aliphatic carbocycles. The number of carbonyl (C=O) groups excluding carboxylic acids is 2. The van der Waals surface area contributed by atoms with Gasteiger partial charge in [0.25, 0.3) is 0 Å². The third kappa shape index (κ3) is 8.41. The average molecular weight is 705 g/mol. The number of nitrogens with one attached hydrogen (secondary N) is 4. The topological polar surface area (TPSA) is 118 Å². The van der Waals surface area contributed by atoms with Crippen molar-refractivity contribution in [1.82, 2.24) is 19.1 Å². The van der Waals surface area contributed by atoms with Gasteiger partial charge in [-0.05, 0) is 48.7 Å². The van der Waals surface area contributed by atoms with Gasteiger partial charge in [-0.15, -0.1) is 0 Å². The highest BCUT2D eigenvalue weighted by Gasteiger charge is 2.19. The predicted octanol–water partition coefficient (Wildman–Crippen LogP) is 8.11. The fourth-order valence-electron chi connectivity index (χ4n) is 5.42. The van der Waals surface area contributed by atoms with E-state index in [-0.39, 0.29) is 51.1 Å². The molecular weight excluding hydrogens is 669 g/mol. The van der Waals surface area contributed by atoms with Gasteiger partial charge in [0.2, 0.25) is 11.8 Å². The summed E-state index contributed by atoms with van der Waals surface area (Å²) in [6.07, 6.45) is 0.270. The van der Waals surface area contributed by atoms with Gasteiger partial charge in [0, 0.05) is 22.5 Å². The van der Waals surface area contributed by atoms with Crippen LogP contribution in [0, 0.1) is 9.54 Å². The number of amides is 2. The summed E-state index contributed by atoms with van der Waals surface area (Å²) in [7, 11) is 0. The Labute approximate surface area is 299 Å². The summed E-state index contributed by atoms with van der Waals surface area (Å²) in [5.41, 5.74) is 4.90. The molecule has 12 heteroatoms. The van der Waals surface area contributed by atoms with Crippen LogP contribution in [0.2, 0.25) is 0 Å². The van der Waals surface area contributed by atoms with E-state index in [1.54, 1.807) is 0 Å². The molecule has 2 heterocycles. The number of ether oxygens (including phenoxy) is 2. The van der Waals surface area contributed by atoms with E-state index in [4.69, 9.17) is 33.9 Å². The first-order valence-corrected chi connectivity index (χ1v) is 17.0. The van der Waals surface area contributed by atoms with Crippen molar-refractivity contribution < 1.29 is 19.1 Å². The molecule has 0 aliphatic heterocycles. The molecule has 10 nitrogen and oxygen atoms in total. The van der Waals surface area contributed by atoms with Crippen molar-refractivity contribution in [2.45, 2.75) is 12.8 Å². The number of aromatic nitrogens is 4. The van der Waals surface area contributed by atoms with Gasteiger partial charge in [0.1, 0.15) is 11.6 Å². The molecule has 0 bridgehead atoms. The van der Waals surface area contributed by atoms with Crippen molar-refractivity contribution >= 4 is 47.9 Å². The molecule has 4 N–H and O–H groups in total. The van der Waals surface area contributed by atoms with Crippen molar-refractivity contribution in [2.24, 2.45) is 0 Å². The van der Waals surface area contributed by atoms with Crippen molar-refractivity contribution in [1.29, 1.82) is 0 Å². The SMILES string of the molecule is O=C(CCOCCOCCC(=O)Nc1c(-c2ccccc2)[nH]c(=S)n1-c1ccccc1)Nc1c(-c2ccccc2)[nH]c(=S)n1-c1ccccc1. The Morgan fingerprint density at radius 2 is 0.860 bits per heavy atom. The maximum Gasteiger partial charge on any atom is 0.227 e. The molecule has 4 aromatic carbocycles. The molecule has 6 rings (SSSR count). The molecule has 0 spiro atoms. The molecule has 50 heavy (non-hydrogen) atoms. The lowest BCUT2D eigenvalue weighted by Gasteiger charge is -2.13. The largest absolute Gasteiger partial charge is 0.379 e. The summed E-state index contributed by atoms with van der Waals surface area (Å²) in [6, 6.07) is 38.7. The Bertz CT molecular complexity index is 1990. The van der Waals surface area contributed by atoms with E-state index in [9.17, 15) is 9.59 Å². The number of imidazole rings is 2. The molecule has 0 saturated carbocycles. The summed E-state index contributed by atoms with van der Waals surface area (Å²) in [5.74, 6) is 0.696. The first-order chi connectivity index (χ1) is 24.5. The van der Waals surface area contributed by atoms with Gasteiger partial charge in [0.05, 0.1) is 50.7 Å². The van der Waals surface area contributed by atoms with Crippen LogP contribution in [0.1, 0.15) is 12.8 Å². The molecule has 0 fully saturated rings. The Morgan fingerprint density at radius 1 is 0.520 bits per heavy atom. The van der Waals surface area contributed by atoms with Crippen LogP contribution in [0.3, 0.4) is 0 Å². The van der Waals surface area contributed by atoms with E-state index < -0.39 is 0 Å². The molecule has 0 unspecified atom stereocenters. The Balaban J connectivity index is 0.981. The lowest BCUT2D eigenvalue weighted by atomic mass is 10.1. The molecular formula is C38H36N6O4S2. The number of rotatable bonds is 15. The van der Waals surface area contributed by atoms with Crippen LogP contribution in [0.15, 0.2) is 121 Å². The minimum Gasteiger partial charge on any atom is -0.379 e. The normalized spacial score (nSPS) is 11.0. The standard InChI is InChI=1S/C38H36N6O4S2/c45-31(39-35-33(27-13-5-1-6-14-27)41-37(49)43(35)29-17-9-3-10-18-29)21-23-47-25-26-48-24-22-32(46)40-36-34(28-15-7-2-8-16-28)42-38(50)44(36)30-19-11-4-12-20-30/h1-20H,21-26H2,(H,39,45)(H,40,46)(H,41,49)(H,42,50). The highest BCUT2D eigenvalue weighted by atomic mass is 32.1. The van der Waals surface area contributed by atoms with Gasteiger partial charge in [0.15, 0.2) is 9.54 Å². The van der Waals surface area contributed by atoms with Crippen LogP contribution in [0.4, 0.5) is 11.6 Å². The van der Waals surface area contributed by atoms with Crippen LogP contribution in [-0.2, 0) is 19.1 Å². The van der Waals surface area contributed by atoms with E-state index in [2.05, 4.69) is 20.6 Å². The van der Waals surface area contributed by atoms with Crippen molar-refractivity contribution in [3.63, 3.8) is 0 Å². The van der Waals surface area contributed by atoms with Gasteiger partial charge in [-0.2, -0.15) is 0 Å². The van der Waals surface area contributed by atoms with Gasteiger partial charge in [-0.1, -0.05) is 97.1 Å². The van der Waals surface area contributed by atoms with Crippen LogP contribution in [0.25, 0.3) is 33.9 Å². The molecule has 0 saturated heterocycles. The molecule has 0 aliphatic rings. The number of carbonyl (C=O) groups is 2. The highest BCUT2D eigenvalue weighted by molar-refractivity contribution is 7.71. The quantitative estimate of drug-likeness (QED) is 0.0634. The van der Waals surface area contributed by atoms with Crippen molar-refractivity contribution in [3.8, 4) is 33.9 Å². The number of H-pyrrole nitrogens is 2. The minimum atomic E-state index is -0.215. The van der Waals surface area contributed by atoms with E-state index in [1.165, 1.54) is 0 Å². The molecule has 254 valence electrons. The summed E-state index contributed by atoms with van der Waals surface area (Å²) in [6.45, 7) is 0.951. The molecule has 2 amide bonds. The maximum atomic E-state index is 13.0. The lowest BCUT2D eigenvalue weighted by Crippen LogP contribution is -2.19. The van der Waals surface area contributed by atoms with Crippen molar-refractivity contribution in [3.05, 3.63) is 131 Å². The van der Waals surface area contributed by atoms with Crippen LogP contribution in [0.5, 0.6) is 0 Å². The van der Waals surface area contributed by atoms with Crippen LogP contribution < -0.4 is 10.6 Å². The predicted molar refractivity (Wildman–Crippen MR) is 201 cm³/mol. The van der Waals surface area contributed by atoms with Crippen LogP contribution in [-0.4, -0.2) is 57.3 Å². The maximum absolute atomic E-state index is 13.0. The lowest BCUT2D eigenvalue weighted by molar-refractivity contribution is -0.118. The number of aromatic amines is 2. The van der Waals surface area contributed by atoms with Gasteiger partial charge in [-0.25, -0.2) is 0 Å². The number of para-hydroxylation sites is 2. The summed E-state index contributed by atoms with van der Waals surface area (Å²) >= 11 is 11.3. The number of hydrogen-bond acceptors (Lipinski definition) is 6. The van der Waals surface area contributed by atoms with Gasteiger partial charge < -0.3 is 30.1 Å². The summed E-state index contributed by atoms with van der Waals surface area (Å²) in [4.78, 5) is 32.6. The zero-order valence-electron chi connectivity index (χ0n) is 27.1. The van der Waals surface area contributed by atoms with E-state index in [1.807, 2.05) is 130 Å². The molecule has 2 aromatic heterocycles.